The minimum Gasteiger partial charge on any atom is -0.489 e. The highest BCUT2D eigenvalue weighted by Crippen LogP contribution is 2.33. The van der Waals surface area contributed by atoms with Crippen LogP contribution in [0.15, 0.2) is 55.0 Å². The number of aromatic amines is 1. The molecule has 3 N–H and O–H groups in total. The van der Waals surface area contributed by atoms with Crippen molar-refractivity contribution in [2.45, 2.75) is 26.4 Å². The molecule has 12 heteroatoms. The lowest BCUT2D eigenvalue weighted by Crippen LogP contribution is -2.33. The number of para-hydroxylation sites is 1. The van der Waals surface area contributed by atoms with E-state index in [4.69, 9.17) is 21.3 Å². The fraction of sp³-hybridized carbons (Fsp3) is 0.276. The number of benzene rings is 1. The average molecular weight is 572 g/mol. The average Bonchev–Trinajstić information content (AvgIpc) is 3.64. The van der Waals surface area contributed by atoms with E-state index in [0.29, 0.717) is 34.9 Å². The predicted octanol–water partition coefficient (Wildman–Crippen LogP) is 4.86. The first-order valence-electron chi connectivity index (χ1n) is 13.3. The van der Waals surface area contributed by atoms with Crippen LogP contribution in [0.3, 0.4) is 0 Å². The number of fused-ring (bicyclic) bond motifs is 1. The second kappa shape index (κ2) is 11.2. The molecule has 210 valence electrons. The van der Waals surface area contributed by atoms with Gasteiger partial charge in [-0.15, -0.1) is 0 Å². The molecule has 5 aromatic rings. The SMILES string of the molecule is Cc1cnc(Nc2cc(C)n(C)n2)nc1-c1c[nH]c2c(NC(=O)CN3CCC(Oc4ccnc(Cl)c4)C3)cccc12. The summed E-state index contributed by atoms with van der Waals surface area (Å²) in [6, 6.07) is 11.3. The van der Waals surface area contributed by atoms with Crippen molar-refractivity contribution in [2.24, 2.45) is 7.05 Å². The molecule has 0 bridgehead atoms. The quantitative estimate of drug-likeness (QED) is 0.225. The largest absolute Gasteiger partial charge is 0.489 e. The number of aromatic nitrogens is 6. The van der Waals surface area contributed by atoms with Crippen LogP contribution in [0, 0.1) is 13.8 Å². The topological polar surface area (TPSA) is 126 Å². The van der Waals surface area contributed by atoms with Crippen LogP contribution >= 0.6 is 11.6 Å². The number of ether oxygens (including phenoxy) is 1. The zero-order chi connectivity index (χ0) is 28.5. The van der Waals surface area contributed by atoms with E-state index in [9.17, 15) is 4.79 Å². The van der Waals surface area contributed by atoms with E-state index < -0.39 is 0 Å². The van der Waals surface area contributed by atoms with Crippen LogP contribution in [0.1, 0.15) is 17.7 Å². The van der Waals surface area contributed by atoms with Gasteiger partial charge in [-0.1, -0.05) is 23.7 Å². The molecule has 4 aromatic heterocycles. The van der Waals surface area contributed by atoms with Crippen molar-refractivity contribution in [3.63, 3.8) is 0 Å². The van der Waals surface area contributed by atoms with Crippen LogP contribution in [0.25, 0.3) is 22.2 Å². The Morgan fingerprint density at radius 3 is 2.90 bits per heavy atom. The van der Waals surface area contributed by atoms with Gasteiger partial charge < -0.3 is 20.4 Å². The maximum atomic E-state index is 13.0. The molecule has 6 rings (SSSR count). The molecule has 1 aliphatic heterocycles. The number of hydrogen-bond donors (Lipinski definition) is 3. The molecule has 0 spiro atoms. The maximum absolute atomic E-state index is 13.0. The zero-order valence-electron chi connectivity index (χ0n) is 23.0. The van der Waals surface area contributed by atoms with E-state index in [2.05, 4.69) is 35.6 Å². The molecule has 1 amide bonds. The molecule has 11 nitrogen and oxygen atoms in total. The third kappa shape index (κ3) is 5.86. The predicted molar refractivity (Wildman–Crippen MR) is 159 cm³/mol. The minimum atomic E-state index is -0.0865. The Balaban J connectivity index is 1.14. The number of anilines is 3. The first-order valence-corrected chi connectivity index (χ1v) is 13.7. The normalized spacial score (nSPS) is 15.4. The Morgan fingerprint density at radius 2 is 2.10 bits per heavy atom. The molecule has 5 heterocycles. The molecule has 0 aliphatic carbocycles. The molecule has 41 heavy (non-hydrogen) atoms. The van der Waals surface area contributed by atoms with Crippen molar-refractivity contribution >= 4 is 45.9 Å². The zero-order valence-corrected chi connectivity index (χ0v) is 23.7. The summed E-state index contributed by atoms with van der Waals surface area (Å²) in [5, 5.41) is 12.1. The lowest BCUT2D eigenvalue weighted by Gasteiger charge is -2.17. The highest BCUT2D eigenvalue weighted by Gasteiger charge is 2.26. The fourth-order valence-electron chi connectivity index (χ4n) is 5.05. The van der Waals surface area contributed by atoms with E-state index in [1.165, 1.54) is 0 Å². The van der Waals surface area contributed by atoms with E-state index >= 15 is 0 Å². The number of nitrogens with zero attached hydrogens (tertiary/aromatic N) is 6. The number of likely N-dealkylation sites (tertiary alicyclic amines) is 1. The van der Waals surface area contributed by atoms with Crippen LogP contribution in [0.2, 0.25) is 5.15 Å². The number of carbonyl (C=O) groups is 1. The van der Waals surface area contributed by atoms with Crippen molar-refractivity contribution in [3.05, 3.63) is 71.4 Å². The summed E-state index contributed by atoms with van der Waals surface area (Å²) in [6.45, 7) is 5.67. The Morgan fingerprint density at radius 1 is 1.22 bits per heavy atom. The summed E-state index contributed by atoms with van der Waals surface area (Å²) in [5.74, 6) is 1.74. The second-order valence-corrected chi connectivity index (χ2v) is 10.6. The minimum absolute atomic E-state index is 0.00663. The molecule has 1 aromatic carbocycles. The highest BCUT2D eigenvalue weighted by molar-refractivity contribution is 6.29. The molecular weight excluding hydrogens is 542 g/mol. The number of pyridine rings is 1. The van der Waals surface area contributed by atoms with Gasteiger partial charge in [0, 0.05) is 67.5 Å². The van der Waals surface area contributed by atoms with E-state index in [0.717, 1.165) is 46.4 Å². The smallest absolute Gasteiger partial charge is 0.238 e. The molecule has 1 saturated heterocycles. The number of nitrogens with one attached hydrogen (secondary N) is 3. The molecule has 1 fully saturated rings. The van der Waals surface area contributed by atoms with Gasteiger partial charge in [-0.2, -0.15) is 5.10 Å². The van der Waals surface area contributed by atoms with Gasteiger partial charge in [0.15, 0.2) is 5.82 Å². The van der Waals surface area contributed by atoms with Crippen LogP contribution in [0.4, 0.5) is 17.5 Å². The Bertz CT molecular complexity index is 1710. The number of H-pyrrole nitrogens is 1. The van der Waals surface area contributed by atoms with E-state index in [1.807, 2.05) is 51.4 Å². The number of aryl methyl sites for hydroxylation is 3. The molecule has 1 unspecified atom stereocenters. The summed E-state index contributed by atoms with van der Waals surface area (Å²) >= 11 is 5.96. The van der Waals surface area contributed by atoms with Crippen molar-refractivity contribution in [1.82, 2.24) is 34.6 Å². The number of rotatable bonds is 8. The van der Waals surface area contributed by atoms with Gasteiger partial charge in [0.1, 0.15) is 17.0 Å². The third-order valence-electron chi connectivity index (χ3n) is 7.17. The highest BCUT2D eigenvalue weighted by atomic mass is 35.5. The number of carbonyl (C=O) groups excluding carboxylic acids is 1. The standard InChI is InChI=1S/C29H30ClN9O2/c1-17-13-33-29(35-25-11-18(2)38(3)37-25)36-27(17)22-14-32-28-21(22)5-4-6-23(28)34-26(40)16-39-10-8-20(15-39)41-19-7-9-31-24(30)12-19/h4-7,9,11-14,20,32H,8,10,15-16H2,1-3H3,(H,34,40)(H,33,35,36,37). The Hall–Kier alpha value is -4.48. The van der Waals surface area contributed by atoms with Crippen LogP contribution < -0.4 is 15.4 Å². The lowest BCUT2D eigenvalue weighted by molar-refractivity contribution is -0.117. The van der Waals surface area contributed by atoms with Gasteiger partial charge in [0.25, 0.3) is 0 Å². The van der Waals surface area contributed by atoms with Crippen LogP contribution in [0.5, 0.6) is 5.75 Å². The van der Waals surface area contributed by atoms with Crippen LogP contribution in [-0.2, 0) is 11.8 Å². The maximum Gasteiger partial charge on any atom is 0.238 e. The summed E-state index contributed by atoms with van der Waals surface area (Å²) in [5.41, 5.74) is 5.23. The molecule has 1 atom stereocenters. The van der Waals surface area contributed by atoms with Crippen molar-refractivity contribution < 1.29 is 9.53 Å². The summed E-state index contributed by atoms with van der Waals surface area (Å²) in [6.07, 6.45) is 6.15. The first kappa shape index (κ1) is 26.7. The molecule has 0 radical (unpaired) electrons. The summed E-state index contributed by atoms with van der Waals surface area (Å²) in [7, 11) is 1.89. The summed E-state index contributed by atoms with van der Waals surface area (Å²) < 4.78 is 7.82. The summed E-state index contributed by atoms with van der Waals surface area (Å²) in [4.78, 5) is 31.7. The van der Waals surface area contributed by atoms with Crippen molar-refractivity contribution in [3.8, 4) is 17.0 Å². The van der Waals surface area contributed by atoms with Crippen molar-refractivity contribution in [1.29, 1.82) is 0 Å². The lowest BCUT2D eigenvalue weighted by atomic mass is 10.1. The van der Waals surface area contributed by atoms with Gasteiger partial charge >= 0.3 is 0 Å². The molecular formula is C29H30ClN9O2. The van der Waals surface area contributed by atoms with Gasteiger partial charge in [0.2, 0.25) is 11.9 Å². The Kier molecular flexibility index (Phi) is 7.29. The number of amides is 1. The first-order chi connectivity index (χ1) is 19.8. The third-order valence-corrected chi connectivity index (χ3v) is 7.37. The monoisotopic (exact) mass is 571 g/mol. The molecule has 1 aliphatic rings. The number of halogens is 1. The molecule has 0 saturated carbocycles. The Labute approximate surface area is 241 Å². The van der Waals surface area contributed by atoms with Crippen molar-refractivity contribution in [2.75, 3.05) is 30.3 Å². The number of hydrogen-bond acceptors (Lipinski definition) is 8. The fourth-order valence-corrected chi connectivity index (χ4v) is 5.21. The van der Waals surface area contributed by atoms with Gasteiger partial charge in [-0.05, 0) is 38.0 Å². The van der Waals surface area contributed by atoms with Gasteiger partial charge in [-0.3, -0.25) is 14.4 Å². The van der Waals surface area contributed by atoms with E-state index in [-0.39, 0.29) is 18.6 Å². The van der Waals surface area contributed by atoms with Gasteiger partial charge in [-0.25, -0.2) is 15.0 Å². The second-order valence-electron chi connectivity index (χ2n) is 10.2. The van der Waals surface area contributed by atoms with Gasteiger partial charge in [0.05, 0.1) is 23.4 Å². The van der Waals surface area contributed by atoms with E-state index in [1.54, 1.807) is 29.2 Å². The van der Waals surface area contributed by atoms with Crippen LogP contribution in [-0.4, -0.2) is 66.3 Å².